The van der Waals surface area contributed by atoms with Crippen LogP contribution >= 0.6 is 0 Å². The van der Waals surface area contributed by atoms with Crippen molar-refractivity contribution in [3.8, 4) is 0 Å². The molecule has 1 amide bonds. The molecule has 3 rings (SSSR count). The van der Waals surface area contributed by atoms with E-state index >= 15 is 0 Å². The fourth-order valence-corrected chi connectivity index (χ4v) is 5.48. The molecule has 1 heterocycles. The molecule has 1 saturated heterocycles. The Bertz CT molecular complexity index is 722. The molecule has 0 bridgehead atoms. The highest BCUT2D eigenvalue weighted by Crippen LogP contribution is 2.23. The standard InChI is InChI=1S/C20H31N3O3S/c24-20(16-21-17-9-4-2-1-3-5-10-17)22-18-11-8-12-19(15-18)27(25,26)23-13-6-7-14-23/h8,11-12,15,17,21H,1-7,9-10,13-14,16H2,(H,22,24). The van der Waals surface area contributed by atoms with Gasteiger partial charge in [-0.05, 0) is 43.9 Å². The van der Waals surface area contributed by atoms with Gasteiger partial charge in [0.2, 0.25) is 15.9 Å². The highest BCUT2D eigenvalue weighted by molar-refractivity contribution is 7.89. The molecule has 2 fully saturated rings. The summed E-state index contributed by atoms with van der Waals surface area (Å²) in [4.78, 5) is 12.5. The van der Waals surface area contributed by atoms with Crippen LogP contribution in [0.4, 0.5) is 5.69 Å². The van der Waals surface area contributed by atoms with Gasteiger partial charge in [0.05, 0.1) is 11.4 Å². The lowest BCUT2D eigenvalue weighted by Gasteiger charge is -2.21. The van der Waals surface area contributed by atoms with Crippen LogP contribution in [0.5, 0.6) is 0 Å². The van der Waals surface area contributed by atoms with Gasteiger partial charge in [-0.25, -0.2) is 8.42 Å². The van der Waals surface area contributed by atoms with Crippen LogP contribution in [0, 0.1) is 0 Å². The van der Waals surface area contributed by atoms with Crippen LogP contribution in [0.3, 0.4) is 0 Å². The van der Waals surface area contributed by atoms with Gasteiger partial charge in [0.1, 0.15) is 0 Å². The van der Waals surface area contributed by atoms with E-state index in [1.807, 2.05) is 0 Å². The van der Waals surface area contributed by atoms with E-state index in [2.05, 4.69) is 10.6 Å². The van der Waals surface area contributed by atoms with Gasteiger partial charge in [-0.2, -0.15) is 4.31 Å². The minimum absolute atomic E-state index is 0.132. The summed E-state index contributed by atoms with van der Waals surface area (Å²) in [5.74, 6) is -0.132. The number of rotatable bonds is 6. The van der Waals surface area contributed by atoms with Crippen LogP contribution in [-0.4, -0.2) is 44.3 Å². The van der Waals surface area contributed by atoms with E-state index in [0.717, 1.165) is 25.7 Å². The average molecular weight is 394 g/mol. The van der Waals surface area contributed by atoms with Crippen molar-refractivity contribution in [2.75, 3.05) is 25.0 Å². The lowest BCUT2D eigenvalue weighted by molar-refractivity contribution is -0.115. The van der Waals surface area contributed by atoms with Crippen molar-refractivity contribution in [1.82, 2.24) is 9.62 Å². The number of carbonyl (C=O) groups is 1. The molecular formula is C20H31N3O3S. The minimum atomic E-state index is -3.47. The number of benzene rings is 1. The third kappa shape index (κ3) is 5.77. The molecule has 150 valence electrons. The van der Waals surface area contributed by atoms with E-state index in [0.29, 0.717) is 24.8 Å². The average Bonchev–Trinajstić information content (AvgIpc) is 3.16. The van der Waals surface area contributed by atoms with Crippen molar-refractivity contribution < 1.29 is 13.2 Å². The van der Waals surface area contributed by atoms with E-state index in [1.54, 1.807) is 24.3 Å². The van der Waals surface area contributed by atoms with Gasteiger partial charge < -0.3 is 10.6 Å². The van der Waals surface area contributed by atoms with Crippen LogP contribution in [0.1, 0.15) is 57.8 Å². The molecule has 27 heavy (non-hydrogen) atoms. The quantitative estimate of drug-likeness (QED) is 0.778. The summed E-state index contributed by atoms with van der Waals surface area (Å²) in [5, 5.41) is 6.19. The first-order valence-corrected chi connectivity index (χ1v) is 11.6. The molecule has 7 heteroatoms. The summed E-state index contributed by atoms with van der Waals surface area (Å²) >= 11 is 0. The number of amides is 1. The number of nitrogens with zero attached hydrogens (tertiary/aromatic N) is 1. The first-order chi connectivity index (χ1) is 13.1. The number of carbonyl (C=O) groups excluding carboxylic acids is 1. The maximum atomic E-state index is 12.7. The Hall–Kier alpha value is -1.44. The van der Waals surface area contributed by atoms with E-state index in [-0.39, 0.29) is 17.3 Å². The Morgan fingerprint density at radius 1 is 1.00 bits per heavy atom. The van der Waals surface area contributed by atoms with E-state index < -0.39 is 10.0 Å². The second-order valence-corrected chi connectivity index (χ2v) is 9.55. The molecular weight excluding hydrogens is 362 g/mol. The lowest BCUT2D eigenvalue weighted by atomic mass is 9.97. The molecule has 2 aliphatic rings. The molecule has 6 nitrogen and oxygen atoms in total. The molecule has 0 radical (unpaired) electrons. The molecule has 1 aromatic rings. The first kappa shape index (κ1) is 20.3. The molecule has 0 atom stereocenters. The zero-order chi connectivity index (χ0) is 19.1. The predicted octanol–water partition coefficient (Wildman–Crippen LogP) is 3.11. The zero-order valence-electron chi connectivity index (χ0n) is 16.0. The topological polar surface area (TPSA) is 78.5 Å². The molecule has 1 aliphatic carbocycles. The molecule has 1 aromatic carbocycles. The zero-order valence-corrected chi connectivity index (χ0v) is 16.8. The number of sulfonamides is 1. The van der Waals surface area contributed by atoms with Gasteiger partial charge in [-0.1, -0.05) is 38.2 Å². The highest BCUT2D eigenvalue weighted by Gasteiger charge is 2.27. The Balaban J connectivity index is 1.55. The Morgan fingerprint density at radius 3 is 2.37 bits per heavy atom. The first-order valence-electron chi connectivity index (χ1n) is 10.2. The molecule has 0 unspecified atom stereocenters. The number of nitrogens with one attached hydrogen (secondary N) is 2. The molecule has 0 aromatic heterocycles. The maximum absolute atomic E-state index is 12.7. The molecule has 2 N–H and O–H groups in total. The summed E-state index contributed by atoms with van der Waals surface area (Å²) in [6.07, 6.45) is 10.4. The maximum Gasteiger partial charge on any atom is 0.243 e. The van der Waals surface area contributed by atoms with Crippen molar-refractivity contribution in [2.45, 2.75) is 68.7 Å². The third-order valence-electron chi connectivity index (χ3n) is 5.48. The van der Waals surface area contributed by atoms with Crippen molar-refractivity contribution >= 4 is 21.6 Å². The molecule has 1 saturated carbocycles. The van der Waals surface area contributed by atoms with Gasteiger partial charge in [0.15, 0.2) is 0 Å². The highest BCUT2D eigenvalue weighted by atomic mass is 32.2. The Morgan fingerprint density at radius 2 is 1.67 bits per heavy atom. The van der Waals surface area contributed by atoms with E-state index in [9.17, 15) is 13.2 Å². The second kappa shape index (κ2) is 9.66. The SMILES string of the molecule is O=C(CNC1CCCCCCC1)Nc1cccc(S(=O)(=O)N2CCCC2)c1. The number of anilines is 1. The van der Waals surface area contributed by atoms with Crippen LogP contribution in [-0.2, 0) is 14.8 Å². The number of hydrogen-bond acceptors (Lipinski definition) is 4. The monoisotopic (exact) mass is 393 g/mol. The van der Waals surface area contributed by atoms with Crippen molar-refractivity contribution in [3.05, 3.63) is 24.3 Å². The fourth-order valence-electron chi connectivity index (χ4n) is 3.91. The summed E-state index contributed by atoms with van der Waals surface area (Å²) < 4.78 is 26.9. The third-order valence-corrected chi connectivity index (χ3v) is 7.37. The van der Waals surface area contributed by atoms with Gasteiger partial charge in [-0.15, -0.1) is 0 Å². The summed E-state index contributed by atoms with van der Waals surface area (Å²) in [6.45, 7) is 1.40. The summed E-state index contributed by atoms with van der Waals surface area (Å²) in [6, 6.07) is 6.97. The normalized spacial score (nSPS) is 20.1. The van der Waals surface area contributed by atoms with Crippen molar-refractivity contribution in [1.29, 1.82) is 0 Å². The minimum Gasteiger partial charge on any atom is -0.325 e. The Kier molecular flexibility index (Phi) is 7.26. The van der Waals surface area contributed by atoms with Crippen molar-refractivity contribution in [2.24, 2.45) is 0 Å². The summed E-state index contributed by atoms with van der Waals surface area (Å²) in [7, 11) is -3.47. The smallest absolute Gasteiger partial charge is 0.243 e. The fraction of sp³-hybridized carbons (Fsp3) is 0.650. The van der Waals surface area contributed by atoms with E-state index in [1.165, 1.54) is 36.4 Å². The molecule has 0 spiro atoms. The van der Waals surface area contributed by atoms with Crippen molar-refractivity contribution in [3.63, 3.8) is 0 Å². The number of hydrogen-bond donors (Lipinski definition) is 2. The van der Waals surface area contributed by atoms with Crippen LogP contribution < -0.4 is 10.6 Å². The predicted molar refractivity (Wildman–Crippen MR) is 107 cm³/mol. The molecule has 1 aliphatic heterocycles. The lowest BCUT2D eigenvalue weighted by Crippen LogP contribution is -2.36. The van der Waals surface area contributed by atoms with Gasteiger partial charge in [0.25, 0.3) is 0 Å². The van der Waals surface area contributed by atoms with Gasteiger partial charge in [-0.3, -0.25) is 4.79 Å². The largest absolute Gasteiger partial charge is 0.325 e. The van der Waals surface area contributed by atoms with Gasteiger partial charge >= 0.3 is 0 Å². The van der Waals surface area contributed by atoms with E-state index in [4.69, 9.17) is 0 Å². The Labute approximate surface area is 162 Å². The summed E-state index contributed by atoms with van der Waals surface area (Å²) in [5.41, 5.74) is 0.528. The van der Waals surface area contributed by atoms with Crippen LogP contribution in [0.15, 0.2) is 29.2 Å². The van der Waals surface area contributed by atoms with Crippen LogP contribution in [0.2, 0.25) is 0 Å². The second-order valence-electron chi connectivity index (χ2n) is 7.61. The van der Waals surface area contributed by atoms with Gasteiger partial charge in [0, 0.05) is 24.8 Å². The van der Waals surface area contributed by atoms with Crippen LogP contribution in [0.25, 0.3) is 0 Å².